The van der Waals surface area contributed by atoms with E-state index < -0.39 is 0 Å². The number of anilines is 6. The van der Waals surface area contributed by atoms with Gasteiger partial charge in [0.1, 0.15) is 0 Å². The average molecular weight is 1640 g/mol. The molecule has 8 fully saturated rings. The van der Waals surface area contributed by atoms with Crippen LogP contribution in [0.15, 0.2) is 244 Å². The number of fused-ring (bicyclic) bond motifs is 6. The largest absolute Gasteiger partial charge is 0.310 e. The maximum atomic E-state index is 4.04. The van der Waals surface area contributed by atoms with Gasteiger partial charge in [0.15, 0.2) is 0 Å². The molecule has 0 amide bonds. The maximum Gasteiger partial charge on any atom is 0.0468 e. The zero-order valence-electron chi connectivity index (χ0n) is 77.4. The molecule has 2 heteroatoms. The van der Waals surface area contributed by atoms with Gasteiger partial charge in [0.25, 0.3) is 0 Å². The zero-order chi connectivity index (χ0) is 85.1. The van der Waals surface area contributed by atoms with E-state index >= 15 is 0 Å². The minimum atomic E-state index is 0.0573. The van der Waals surface area contributed by atoms with E-state index in [0.29, 0.717) is 10.8 Å². The topological polar surface area (TPSA) is 6.48 Å². The zero-order valence-corrected chi connectivity index (χ0v) is 77.4. The van der Waals surface area contributed by atoms with Crippen molar-refractivity contribution in [2.45, 2.75) is 344 Å². The second-order valence-corrected chi connectivity index (χ2v) is 41.4. The summed E-state index contributed by atoms with van der Waals surface area (Å²) in [7, 11) is 0. The lowest BCUT2D eigenvalue weighted by molar-refractivity contribution is -0.0282. The van der Waals surface area contributed by atoms with Crippen molar-refractivity contribution in [2.24, 2.45) is 23.7 Å². The predicted octanol–water partition coefficient (Wildman–Crippen LogP) is 35.8. The molecule has 0 saturated heterocycles. The van der Waals surface area contributed by atoms with Crippen LogP contribution in [0.1, 0.15) is 365 Å². The second kappa shape index (κ2) is 39.3. The normalized spacial score (nSPS) is 22.7. The van der Waals surface area contributed by atoms with Crippen molar-refractivity contribution in [2.75, 3.05) is 9.80 Å². The Morgan fingerprint density at radius 1 is 0.266 bits per heavy atom. The molecule has 8 saturated carbocycles. The lowest BCUT2D eigenvalue weighted by atomic mass is 9.41. The van der Waals surface area contributed by atoms with Crippen molar-refractivity contribution >= 4 is 46.3 Å². The smallest absolute Gasteiger partial charge is 0.0468 e. The standard InChI is InChI=1S/2C61H75N/c1-5-9-12-15-20-47-25-31-52(32-26-47)62(54-35-36-58-56(40-54)55-21-16-17-22-57(55)61(58,37-18-13-10-6-2)38-19-14-11-7-3)53-33-29-51(30-34-53)60-43-48-39-49(44-60)42-59(41-48,45-60)50-27-23-46(8-4)24-28-50;1-5-9-12-15-20-47-25-31-52(32-26-47)62(54-35-36-56-55-21-16-17-22-57(55)61(58(56)40-54,37-18-13-10-6-2)38-19-14-11-7-3)53-33-29-51(30-34-53)60-43-48-39-49(44-60)42-59(41-48,45-60)50-27-23-46(8-4)24-28-50/h2*8,16-17,21-36,40,48-49H,4-7,9-15,18-20,37-39,41-45H2,1-3H3. The quantitative estimate of drug-likeness (QED) is 0.0352. The van der Waals surface area contributed by atoms with Crippen LogP contribution in [-0.2, 0) is 45.3 Å². The molecule has 8 bridgehead atoms. The molecule has 2 nitrogen and oxygen atoms in total. The van der Waals surface area contributed by atoms with Crippen LogP contribution >= 0.6 is 0 Å². The molecular formula is C122H150N2. The molecule has 10 aliphatic rings. The maximum absolute atomic E-state index is 4.04. The Bertz CT molecular complexity index is 5110. The summed E-state index contributed by atoms with van der Waals surface area (Å²) in [5.41, 5.74) is 32.7. The van der Waals surface area contributed by atoms with Crippen LogP contribution in [0.3, 0.4) is 0 Å². The molecule has 0 aromatic heterocycles. The summed E-state index contributed by atoms with van der Waals surface area (Å²) in [6.07, 6.45) is 58.8. The van der Waals surface area contributed by atoms with Crippen LogP contribution in [0, 0.1) is 23.7 Å². The number of unbranched alkanes of at least 4 members (excludes halogenated alkanes) is 18. The molecule has 0 aliphatic heterocycles. The molecule has 0 N–H and O–H groups in total. The molecule has 10 aliphatic carbocycles. The number of benzene rings is 10. The highest BCUT2D eigenvalue weighted by molar-refractivity contribution is 5.88. The molecule has 10 aromatic rings. The van der Waals surface area contributed by atoms with Crippen molar-refractivity contribution in [3.8, 4) is 22.3 Å². The first-order valence-corrected chi connectivity index (χ1v) is 50.8. The molecule has 648 valence electrons. The summed E-state index contributed by atoms with van der Waals surface area (Å²) in [5.74, 6) is 3.30. The van der Waals surface area contributed by atoms with E-state index in [-0.39, 0.29) is 21.7 Å². The van der Waals surface area contributed by atoms with E-state index in [9.17, 15) is 0 Å². The van der Waals surface area contributed by atoms with Crippen LogP contribution in [0.5, 0.6) is 0 Å². The van der Waals surface area contributed by atoms with Gasteiger partial charge in [0, 0.05) is 45.0 Å². The average Bonchev–Trinajstić information content (AvgIpc) is 1.15. The van der Waals surface area contributed by atoms with E-state index in [0.717, 1.165) is 36.5 Å². The van der Waals surface area contributed by atoms with E-state index in [2.05, 4.69) is 295 Å². The van der Waals surface area contributed by atoms with Gasteiger partial charge in [-0.05, 0) is 336 Å². The summed E-state index contributed by atoms with van der Waals surface area (Å²) >= 11 is 0. The van der Waals surface area contributed by atoms with Gasteiger partial charge in [-0.2, -0.15) is 0 Å². The first-order chi connectivity index (χ1) is 60.9. The van der Waals surface area contributed by atoms with Crippen LogP contribution in [0.4, 0.5) is 34.1 Å². The Balaban J connectivity index is 0.000000176. The highest BCUT2D eigenvalue weighted by Gasteiger charge is 2.60. The van der Waals surface area contributed by atoms with Gasteiger partial charge in [-0.25, -0.2) is 0 Å². The lowest BCUT2D eigenvalue weighted by Crippen LogP contribution is -2.55. The Morgan fingerprint density at radius 2 is 0.548 bits per heavy atom. The van der Waals surface area contributed by atoms with Gasteiger partial charge in [0.2, 0.25) is 0 Å². The van der Waals surface area contributed by atoms with Gasteiger partial charge < -0.3 is 9.80 Å². The molecule has 10 aromatic carbocycles. The SMILES string of the molecule is C=Cc1ccc(C23CC4CC(C2)CC(c2ccc(N(c5ccc(CCCCCC)cc5)c5ccc6c(c5)-c5ccccc5C6(CCCCCC)CCCCCC)cc2)(C4)C3)cc1.C=Cc1ccc(C23CC4CC(C2)CC(c2ccc(N(c5ccc(CCCCCC)cc5)c5ccc6c(c5)C(CCCCCC)(CCCCCC)c5ccccc5-6)cc2)(C4)C3)cc1. The number of rotatable bonds is 42. The van der Waals surface area contributed by atoms with Gasteiger partial charge in [-0.3, -0.25) is 0 Å². The number of hydrogen-bond acceptors (Lipinski definition) is 2. The fraction of sp³-hybridized carbons (Fsp3) is 0.475. The van der Waals surface area contributed by atoms with E-state index in [1.54, 1.807) is 44.5 Å². The first kappa shape index (κ1) is 87.4. The van der Waals surface area contributed by atoms with Crippen molar-refractivity contribution in [1.82, 2.24) is 0 Å². The van der Waals surface area contributed by atoms with E-state index in [1.165, 1.54) is 335 Å². The molecule has 0 spiro atoms. The summed E-state index contributed by atoms with van der Waals surface area (Å²) in [4.78, 5) is 5.16. The summed E-state index contributed by atoms with van der Waals surface area (Å²) in [5, 5.41) is 0. The van der Waals surface area contributed by atoms with Crippen molar-refractivity contribution in [1.29, 1.82) is 0 Å². The van der Waals surface area contributed by atoms with Crippen molar-refractivity contribution < 1.29 is 0 Å². The first-order valence-electron chi connectivity index (χ1n) is 50.8. The van der Waals surface area contributed by atoms with Gasteiger partial charge in [0.05, 0.1) is 0 Å². The molecular weight excluding hydrogens is 1490 g/mol. The number of aryl methyl sites for hydroxylation is 2. The van der Waals surface area contributed by atoms with Gasteiger partial charge in [-0.1, -0.05) is 366 Å². The number of hydrogen-bond donors (Lipinski definition) is 0. The monoisotopic (exact) mass is 1640 g/mol. The number of nitrogens with zero attached hydrogens (tertiary/aromatic N) is 2. The Kier molecular flexibility index (Phi) is 27.7. The summed E-state index contributed by atoms with van der Waals surface area (Å²) in [6.45, 7) is 22.1. The third-order valence-corrected chi connectivity index (χ3v) is 33.0. The van der Waals surface area contributed by atoms with Crippen molar-refractivity contribution in [3.63, 3.8) is 0 Å². The third kappa shape index (κ3) is 17.8. The minimum absolute atomic E-state index is 0.0573. The van der Waals surface area contributed by atoms with E-state index in [4.69, 9.17) is 0 Å². The molecule has 4 unspecified atom stereocenters. The fourth-order valence-corrected chi connectivity index (χ4v) is 27.7. The molecule has 0 radical (unpaired) electrons. The van der Waals surface area contributed by atoms with Crippen LogP contribution in [0.2, 0.25) is 0 Å². The van der Waals surface area contributed by atoms with Crippen LogP contribution < -0.4 is 9.80 Å². The highest BCUT2D eigenvalue weighted by atomic mass is 15.1. The third-order valence-electron chi connectivity index (χ3n) is 33.0. The fourth-order valence-electron chi connectivity index (χ4n) is 27.7. The molecule has 20 rings (SSSR count). The molecule has 4 atom stereocenters. The van der Waals surface area contributed by atoms with Crippen LogP contribution in [-0.4, -0.2) is 0 Å². The summed E-state index contributed by atoms with van der Waals surface area (Å²) < 4.78 is 0. The lowest BCUT2D eigenvalue weighted by Gasteiger charge is -2.63. The highest BCUT2D eigenvalue weighted by Crippen LogP contribution is 2.69. The molecule has 0 heterocycles. The Morgan fingerprint density at radius 3 is 0.903 bits per heavy atom. The van der Waals surface area contributed by atoms with Crippen molar-refractivity contribution in [3.05, 3.63) is 310 Å². The summed E-state index contributed by atoms with van der Waals surface area (Å²) in [6, 6.07) is 92.5. The predicted molar refractivity (Wildman–Crippen MR) is 535 cm³/mol. The second-order valence-electron chi connectivity index (χ2n) is 41.4. The van der Waals surface area contributed by atoms with Gasteiger partial charge >= 0.3 is 0 Å². The molecule has 124 heavy (non-hydrogen) atoms. The Labute approximate surface area is 751 Å². The van der Waals surface area contributed by atoms with Gasteiger partial charge in [-0.15, -0.1) is 0 Å². The van der Waals surface area contributed by atoms with E-state index in [1.807, 2.05) is 12.2 Å². The van der Waals surface area contributed by atoms with Crippen LogP contribution in [0.25, 0.3) is 34.4 Å². The Hall–Kier alpha value is -8.72. The minimum Gasteiger partial charge on any atom is -0.310 e.